The molecule has 6 nitrogen and oxygen atoms in total. The first-order valence-corrected chi connectivity index (χ1v) is 9.65. The largest absolute Gasteiger partial charge is 0.384 e. The van der Waals surface area contributed by atoms with Gasteiger partial charge in [0.15, 0.2) is 0 Å². The molecular formula is C21H32Cl2N4O2. The quantitative estimate of drug-likeness (QED) is 0.682. The third-order valence-corrected chi connectivity index (χ3v) is 5.26. The molecule has 1 aromatic heterocycles. The molecule has 162 valence electrons. The molecule has 0 spiro atoms. The Balaban J connectivity index is 0.00000210. The fraction of sp³-hybridized carbons (Fsp3) is 0.524. The predicted octanol–water partition coefficient (Wildman–Crippen LogP) is 3.85. The molecule has 0 bridgehead atoms. The lowest BCUT2D eigenvalue weighted by Crippen LogP contribution is -2.47. The molecule has 1 amide bonds. The first-order valence-electron chi connectivity index (χ1n) is 9.65. The van der Waals surface area contributed by atoms with Crippen LogP contribution in [0.1, 0.15) is 44.0 Å². The molecule has 29 heavy (non-hydrogen) atoms. The molecule has 1 fully saturated rings. The van der Waals surface area contributed by atoms with Crippen LogP contribution in [0.15, 0.2) is 36.7 Å². The third kappa shape index (κ3) is 6.19. The average molecular weight is 443 g/mol. The van der Waals surface area contributed by atoms with Crippen molar-refractivity contribution in [3.63, 3.8) is 0 Å². The Hall–Kier alpha value is -1.60. The van der Waals surface area contributed by atoms with E-state index in [1.165, 1.54) is 0 Å². The highest BCUT2D eigenvalue weighted by Crippen LogP contribution is 2.31. The number of ether oxygens (including phenoxy) is 1. The van der Waals surface area contributed by atoms with Crippen LogP contribution in [0.4, 0.5) is 5.69 Å². The van der Waals surface area contributed by atoms with Gasteiger partial charge in [-0.05, 0) is 43.6 Å². The molecule has 0 saturated carbocycles. The summed E-state index contributed by atoms with van der Waals surface area (Å²) in [7, 11) is 1.66. The number of aromatic nitrogens is 2. The Bertz CT molecular complexity index is 768. The fourth-order valence-electron chi connectivity index (χ4n) is 3.78. The standard InChI is InChI=1S/C21H30N4O2.2ClH/c1-16(2)19-23-11-12-25(19)14-17-5-4-6-18(13-17)24-20(26)21(15-27-3)7-9-22-10-8-21;;/h4-6,11-13,16,22H,7-10,14-15H2,1-3H3,(H,24,26);2*1H. The van der Waals surface area contributed by atoms with Gasteiger partial charge in [-0.2, -0.15) is 0 Å². The summed E-state index contributed by atoms with van der Waals surface area (Å²) in [6.45, 7) is 7.16. The number of methoxy groups -OCH3 is 1. The van der Waals surface area contributed by atoms with Crippen molar-refractivity contribution in [3.05, 3.63) is 48.0 Å². The van der Waals surface area contributed by atoms with Crippen molar-refractivity contribution in [2.45, 2.75) is 39.2 Å². The van der Waals surface area contributed by atoms with Crippen molar-refractivity contribution in [3.8, 4) is 0 Å². The minimum Gasteiger partial charge on any atom is -0.384 e. The lowest BCUT2D eigenvalue weighted by molar-refractivity contribution is -0.130. The monoisotopic (exact) mass is 442 g/mol. The minimum absolute atomic E-state index is 0. The zero-order valence-electron chi connectivity index (χ0n) is 17.3. The molecule has 0 atom stereocenters. The number of nitrogens with one attached hydrogen (secondary N) is 2. The normalized spacial score (nSPS) is 15.3. The minimum atomic E-state index is -0.453. The highest BCUT2D eigenvalue weighted by molar-refractivity contribution is 5.95. The molecule has 2 heterocycles. The molecule has 1 aliphatic rings. The van der Waals surface area contributed by atoms with Gasteiger partial charge in [0.05, 0.1) is 12.0 Å². The van der Waals surface area contributed by atoms with Crippen molar-refractivity contribution in [1.82, 2.24) is 14.9 Å². The molecule has 1 aromatic carbocycles. The number of piperidine rings is 1. The van der Waals surface area contributed by atoms with Gasteiger partial charge < -0.3 is 19.9 Å². The van der Waals surface area contributed by atoms with Gasteiger partial charge in [0, 0.05) is 37.7 Å². The van der Waals surface area contributed by atoms with Gasteiger partial charge in [-0.15, -0.1) is 24.8 Å². The summed E-state index contributed by atoms with van der Waals surface area (Å²) >= 11 is 0. The van der Waals surface area contributed by atoms with E-state index in [0.717, 1.165) is 49.6 Å². The van der Waals surface area contributed by atoms with Crippen LogP contribution in [-0.2, 0) is 16.1 Å². The number of hydrogen-bond acceptors (Lipinski definition) is 4. The molecule has 8 heteroatoms. The van der Waals surface area contributed by atoms with Crippen LogP contribution in [-0.4, -0.2) is 42.3 Å². The van der Waals surface area contributed by atoms with E-state index in [1.54, 1.807) is 7.11 Å². The molecule has 0 unspecified atom stereocenters. The summed E-state index contributed by atoms with van der Waals surface area (Å²) in [4.78, 5) is 17.5. The van der Waals surface area contributed by atoms with Crippen LogP contribution < -0.4 is 10.6 Å². The Labute approximate surface area is 185 Å². The summed E-state index contributed by atoms with van der Waals surface area (Å²) < 4.78 is 7.53. The highest BCUT2D eigenvalue weighted by atomic mass is 35.5. The number of imidazole rings is 1. The van der Waals surface area contributed by atoms with Crippen LogP contribution in [0.3, 0.4) is 0 Å². The van der Waals surface area contributed by atoms with E-state index in [4.69, 9.17) is 4.74 Å². The van der Waals surface area contributed by atoms with E-state index in [0.29, 0.717) is 12.5 Å². The highest BCUT2D eigenvalue weighted by Gasteiger charge is 2.39. The lowest BCUT2D eigenvalue weighted by Gasteiger charge is -2.35. The first kappa shape index (κ1) is 25.4. The zero-order valence-corrected chi connectivity index (χ0v) is 18.9. The maximum Gasteiger partial charge on any atom is 0.233 e. The van der Waals surface area contributed by atoms with Gasteiger partial charge in [-0.3, -0.25) is 4.79 Å². The third-order valence-electron chi connectivity index (χ3n) is 5.26. The zero-order chi connectivity index (χ0) is 19.3. The SMILES string of the molecule is COCC1(C(=O)Nc2cccc(Cn3ccnc3C(C)C)c2)CCNCC1.Cl.Cl. The van der Waals surface area contributed by atoms with Crippen LogP contribution in [0.2, 0.25) is 0 Å². The number of anilines is 1. The maximum atomic E-state index is 13.0. The van der Waals surface area contributed by atoms with Gasteiger partial charge >= 0.3 is 0 Å². The molecule has 0 aliphatic carbocycles. The summed E-state index contributed by atoms with van der Waals surface area (Å²) in [5, 5.41) is 6.44. The predicted molar refractivity (Wildman–Crippen MR) is 121 cm³/mol. The second-order valence-corrected chi connectivity index (χ2v) is 7.69. The molecule has 1 saturated heterocycles. The van der Waals surface area contributed by atoms with Crippen molar-refractivity contribution in [2.75, 3.05) is 32.1 Å². The van der Waals surface area contributed by atoms with Crippen LogP contribution in [0.25, 0.3) is 0 Å². The molecule has 2 aromatic rings. The Morgan fingerprint density at radius 3 is 2.69 bits per heavy atom. The average Bonchev–Trinajstić information content (AvgIpc) is 3.11. The van der Waals surface area contributed by atoms with Crippen molar-refractivity contribution in [1.29, 1.82) is 0 Å². The number of rotatable bonds is 7. The van der Waals surface area contributed by atoms with Crippen molar-refractivity contribution < 1.29 is 9.53 Å². The molecule has 0 radical (unpaired) electrons. The number of nitrogens with zero attached hydrogens (tertiary/aromatic N) is 2. The Kier molecular flexibility index (Phi) is 10.1. The topological polar surface area (TPSA) is 68.2 Å². The van der Waals surface area contributed by atoms with Gasteiger partial charge in [0.2, 0.25) is 5.91 Å². The number of halogens is 2. The number of carbonyl (C=O) groups is 1. The van der Waals surface area contributed by atoms with Crippen molar-refractivity contribution >= 4 is 36.4 Å². The number of carbonyl (C=O) groups excluding carboxylic acids is 1. The van der Waals surface area contributed by atoms with E-state index in [9.17, 15) is 4.79 Å². The van der Waals surface area contributed by atoms with Gasteiger partial charge in [0.1, 0.15) is 5.82 Å². The second kappa shape index (κ2) is 11.6. The molecule has 3 rings (SSSR count). The van der Waals surface area contributed by atoms with Gasteiger partial charge in [0.25, 0.3) is 0 Å². The Morgan fingerprint density at radius 1 is 1.31 bits per heavy atom. The summed E-state index contributed by atoms with van der Waals surface area (Å²) in [5.41, 5.74) is 1.52. The molecular weight excluding hydrogens is 411 g/mol. The second-order valence-electron chi connectivity index (χ2n) is 7.69. The van der Waals surface area contributed by atoms with E-state index >= 15 is 0 Å². The van der Waals surface area contributed by atoms with Crippen LogP contribution >= 0.6 is 24.8 Å². The van der Waals surface area contributed by atoms with E-state index < -0.39 is 5.41 Å². The number of amides is 1. The molecule has 2 N–H and O–H groups in total. The smallest absolute Gasteiger partial charge is 0.233 e. The fourth-order valence-corrected chi connectivity index (χ4v) is 3.78. The Morgan fingerprint density at radius 2 is 2.03 bits per heavy atom. The maximum absolute atomic E-state index is 13.0. The van der Waals surface area contributed by atoms with E-state index in [-0.39, 0.29) is 30.7 Å². The summed E-state index contributed by atoms with van der Waals surface area (Å²) in [6, 6.07) is 8.06. The summed E-state index contributed by atoms with van der Waals surface area (Å²) in [5.74, 6) is 1.49. The van der Waals surface area contributed by atoms with Crippen molar-refractivity contribution in [2.24, 2.45) is 5.41 Å². The number of benzene rings is 1. The molecule has 1 aliphatic heterocycles. The summed E-state index contributed by atoms with van der Waals surface area (Å²) in [6.07, 6.45) is 5.42. The first-order chi connectivity index (χ1) is 13.0. The van der Waals surface area contributed by atoms with E-state index in [1.807, 2.05) is 30.6 Å². The number of hydrogen-bond donors (Lipinski definition) is 2. The van der Waals surface area contributed by atoms with Crippen LogP contribution in [0.5, 0.6) is 0 Å². The van der Waals surface area contributed by atoms with Gasteiger partial charge in [-0.1, -0.05) is 26.0 Å². The van der Waals surface area contributed by atoms with E-state index in [2.05, 4.69) is 40.1 Å². The lowest BCUT2D eigenvalue weighted by atomic mass is 9.78. The van der Waals surface area contributed by atoms with Gasteiger partial charge in [-0.25, -0.2) is 4.98 Å². The van der Waals surface area contributed by atoms with Crippen LogP contribution in [0, 0.1) is 5.41 Å².